The van der Waals surface area contributed by atoms with E-state index < -0.39 is 0 Å². The van der Waals surface area contributed by atoms with Crippen LogP contribution in [0.25, 0.3) is 0 Å². The van der Waals surface area contributed by atoms with Gasteiger partial charge in [0, 0.05) is 0 Å². The average molecular weight is 279 g/mol. The Morgan fingerprint density at radius 2 is 2.00 bits per heavy atom. The minimum Gasteiger partial charge on any atom is -0.203 e. The predicted octanol–water partition coefficient (Wildman–Crippen LogP) is 2.84. The van der Waals surface area contributed by atoms with E-state index in [4.69, 9.17) is 0 Å². The lowest BCUT2D eigenvalue weighted by molar-refractivity contribution is 1.46. The fourth-order valence-corrected chi connectivity index (χ4v) is 0.483. The van der Waals surface area contributed by atoms with Crippen LogP contribution < -0.4 is 0 Å². The lowest BCUT2D eigenvalue weighted by Gasteiger charge is -1.81. The number of hydrogen-bond acceptors (Lipinski definition) is 0. The van der Waals surface area contributed by atoms with Crippen LogP contribution in [0.4, 0.5) is 0 Å². The molecule has 0 nitrogen and oxygen atoms in total. The van der Waals surface area contributed by atoms with Crippen molar-refractivity contribution in [3.63, 3.8) is 0 Å². The highest BCUT2D eigenvalue weighted by atomic mass is 79.9. The molecule has 1 aromatic rings. The molecule has 0 atom stereocenters. The second kappa shape index (κ2) is 7.82. The van der Waals surface area contributed by atoms with Gasteiger partial charge in [-0.15, -0.1) is 0 Å². The van der Waals surface area contributed by atoms with Crippen LogP contribution in [0.5, 0.6) is 0 Å². The first-order chi connectivity index (χ1) is 4.81. The Balaban J connectivity index is 0.000000236. The van der Waals surface area contributed by atoms with E-state index >= 15 is 0 Å². The summed E-state index contributed by atoms with van der Waals surface area (Å²) in [5.74, 6) is 0. The lowest BCUT2D eigenvalue weighted by Crippen LogP contribution is -1.63. The molecule has 1 aromatic carbocycles. The first kappa shape index (κ1) is 10.7. The molecule has 0 aliphatic carbocycles. The lowest BCUT2D eigenvalue weighted by atomic mass is 10.2. The van der Waals surface area contributed by atoms with E-state index in [9.17, 15) is 0 Å². The van der Waals surface area contributed by atoms with E-state index in [-0.39, 0.29) is 11.6 Å². The number of halogens is 2. The van der Waals surface area contributed by atoms with Crippen molar-refractivity contribution in [2.45, 2.75) is 6.92 Å². The summed E-state index contributed by atoms with van der Waals surface area (Å²) in [7, 11) is 0. The van der Waals surface area contributed by atoms with Crippen LogP contribution in [0.2, 0.25) is 0 Å². The molecule has 0 aliphatic rings. The maximum absolute atomic E-state index is 3.20. The summed E-state index contributed by atoms with van der Waals surface area (Å²) in [6.07, 6.45) is 0. The van der Waals surface area contributed by atoms with Gasteiger partial charge in [-0.1, -0.05) is 24.3 Å². The molecular formula is C7H8AlBr2. The average Bonchev–Trinajstić information content (AvgIpc) is 1.91. The maximum Gasteiger partial charge on any atom is 0.435 e. The molecule has 0 heterocycles. The molecular weight excluding hydrogens is 271 g/mol. The molecule has 1 radical (unpaired) electrons. The highest BCUT2D eigenvalue weighted by Gasteiger charge is 1.73. The molecule has 0 bridgehead atoms. The summed E-state index contributed by atoms with van der Waals surface area (Å²) in [5.41, 5.74) is 1.20. The molecule has 0 fully saturated rings. The van der Waals surface area contributed by atoms with E-state index in [0.29, 0.717) is 0 Å². The van der Waals surface area contributed by atoms with Gasteiger partial charge in [-0.25, -0.2) is 28.1 Å². The molecule has 1 rings (SSSR count). The zero-order valence-electron chi connectivity index (χ0n) is 5.77. The standard InChI is InChI=1S/C7H7.Al.2BrH.H/c1-7-5-3-2-4-6-7;;;;/h2-5H,1H3;;2*1H;/q;+2;;;/p-2. The Morgan fingerprint density at radius 3 is 2.20 bits per heavy atom. The van der Waals surface area contributed by atoms with Crippen molar-refractivity contribution in [3.8, 4) is 0 Å². The molecule has 3 heteroatoms. The molecule has 0 spiro atoms. The van der Waals surface area contributed by atoms with Gasteiger partial charge < -0.3 is 0 Å². The van der Waals surface area contributed by atoms with Crippen LogP contribution in [0.1, 0.15) is 5.56 Å². The highest BCUT2D eigenvalue weighted by Crippen LogP contribution is 1.90. The molecule has 0 aliphatic heterocycles. The van der Waals surface area contributed by atoms with Crippen molar-refractivity contribution in [1.29, 1.82) is 0 Å². The van der Waals surface area contributed by atoms with Crippen molar-refractivity contribution < 1.29 is 0 Å². The van der Waals surface area contributed by atoms with E-state index in [2.05, 4.69) is 34.2 Å². The SMILES string of the molecule is Cc1[c]cccc1.[Br][AlH][Br]. The van der Waals surface area contributed by atoms with Crippen molar-refractivity contribution in [3.05, 3.63) is 35.9 Å². The van der Waals surface area contributed by atoms with Gasteiger partial charge in [-0.3, -0.25) is 0 Å². The number of benzene rings is 1. The minimum atomic E-state index is 0.0417. The van der Waals surface area contributed by atoms with Gasteiger partial charge in [0.2, 0.25) is 0 Å². The Labute approximate surface area is 82.0 Å². The van der Waals surface area contributed by atoms with Gasteiger partial charge in [0.05, 0.1) is 0 Å². The van der Waals surface area contributed by atoms with Crippen LogP contribution in [-0.4, -0.2) is 11.6 Å². The first-order valence-electron chi connectivity index (χ1n) is 2.86. The fraction of sp³-hybridized carbons (Fsp3) is 0.143. The first-order valence-corrected chi connectivity index (χ1v) is 10.7. The maximum atomic E-state index is 3.20. The van der Waals surface area contributed by atoms with Crippen LogP contribution in [-0.2, 0) is 0 Å². The van der Waals surface area contributed by atoms with Gasteiger partial charge in [-0.2, -0.15) is 0 Å². The molecule has 0 saturated carbocycles. The van der Waals surface area contributed by atoms with Crippen LogP contribution in [0.15, 0.2) is 24.3 Å². The fourth-order valence-electron chi connectivity index (χ4n) is 0.483. The van der Waals surface area contributed by atoms with Crippen molar-refractivity contribution >= 4 is 39.7 Å². The van der Waals surface area contributed by atoms with Crippen LogP contribution in [0, 0.1) is 13.0 Å². The number of aryl methyl sites for hydroxylation is 1. The molecule has 0 amide bonds. The molecule has 0 saturated heterocycles. The summed E-state index contributed by atoms with van der Waals surface area (Å²) in [6, 6.07) is 10.9. The van der Waals surface area contributed by atoms with Gasteiger partial charge >= 0.3 is 11.6 Å². The second-order valence-corrected chi connectivity index (χ2v) is 9.73. The molecule has 10 heavy (non-hydrogen) atoms. The largest absolute Gasteiger partial charge is 0.435 e. The van der Waals surface area contributed by atoms with Gasteiger partial charge in [0.15, 0.2) is 0 Å². The summed E-state index contributed by atoms with van der Waals surface area (Å²) >= 11 is 6.44. The van der Waals surface area contributed by atoms with E-state index in [1.807, 2.05) is 31.2 Å². The highest BCUT2D eigenvalue weighted by molar-refractivity contribution is 9.47. The quantitative estimate of drug-likeness (QED) is 0.640. The third kappa shape index (κ3) is 6.83. The van der Waals surface area contributed by atoms with Crippen LogP contribution in [0.3, 0.4) is 0 Å². The Kier molecular flexibility index (Phi) is 8.37. The minimum absolute atomic E-state index is 0.0417. The second-order valence-electron chi connectivity index (χ2n) is 1.65. The van der Waals surface area contributed by atoms with E-state index in [1.54, 1.807) is 0 Å². The van der Waals surface area contributed by atoms with E-state index in [0.717, 1.165) is 0 Å². The third-order valence-electron chi connectivity index (χ3n) is 0.865. The summed E-state index contributed by atoms with van der Waals surface area (Å²) < 4.78 is 0. The van der Waals surface area contributed by atoms with Crippen LogP contribution >= 0.6 is 28.1 Å². The summed E-state index contributed by atoms with van der Waals surface area (Å²) in [5, 5.41) is 0. The van der Waals surface area contributed by atoms with Gasteiger partial charge in [0.25, 0.3) is 0 Å². The third-order valence-corrected chi connectivity index (χ3v) is 0.865. The van der Waals surface area contributed by atoms with Crippen molar-refractivity contribution in [1.82, 2.24) is 0 Å². The molecule has 0 unspecified atom stereocenters. The van der Waals surface area contributed by atoms with Gasteiger partial charge in [-0.05, 0) is 18.6 Å². The smallest absolute Gasteiger partial charge is 0.203 e. The van der Waals surface area contributed by atoms with E-state index in [1.165, 1.54) is 5.56 Å². The summed E-state index contributed by atoms with van der Waals surface area (Å²) in [6.45, 7) is 2.03. The zero-order chi connectivity index (χ0) is 7.82. The number of rotatable bonds is 0. The predicted molar refractivity (Wildman–Crippen MR) is 55.0 cm³/mol. The molecule has 0 N–H and O–H groups in total. The molecule has 0 aromatic heterocycles. The zero-order valence-corrected chi connectivity index (χ0v) is 10.4. The van der Waals surface area contributed by atoms with Crippen molar-refractivity contribution in [2.75, 3.05) is 0 Å². The Bertz CT molecular complexity index is 153. The Morgan fingerprint density at radius 1 is 1.40 bits per heavy atom. The normalized spacial score (nSPS) is 7.50. The topological polar surface area (TPSA) is 0 Å². The summed E-state index contributed by atoms with van der Waals surface area (Å²) in [4.78, 5) is 0. The molecule has 53 valence electrons. The van der Waals surface area contributed by atoms with Gasteiger partial charge in [0.1, 0.15) is 0 Å². The monoisotopic (exact) mass is 277 g/mol. The number of hydrogen-bond donors (Lipinski definition) is 0. The van der Waals surface area contributed by atoms with Crippen molar-refractivity contribution in [2.24, 2.45) is 0 Å². The Hall–Kier alpha value is 0.712.